The van der Waals surface area contributed by atoms with Crippen LogP contribution in [0, 0.1) is 5.82 Å². The Kier molecular flexibility index (Phi) is 3.12. The summed E-state index contributed by atoms with van der Waals surface area (Å²) >= 11 is 0. The molecular weight excluding hydrogens is 229 g/mol. The Balaban J connectivity index is 1.79. The van der Waals surface area contributed by atoms with Crippen molar-refractivity contribution < 1.29 is 4.39 Å². The second kappa shape index (κ2) is 4.76. The normalized spacial score (nSPS) is 24.9. The third kappa shape index (κ3) is 2.05. The molecule has 2 aliphatic heterocycles. The van der Waals surface area contributed by atoms with E-state index in [0.29, 0.717) is 11.7 Å². The SMILES string of the molecule is Nc1c(F)cccc1N1CCN2CCCCC2C1. The van der Waals surface area contributed by atoms with Crippen molar-refractivity contribution in [1.82, 2.24) is 4.90 Å². The number of nitrogen functional groups attached to an aromatic ring is 1. The average molecular weight is 249 g/mol. The van der Waals surface area contributed by atoms with E-state index in [1.807, 2.05) is 6.07 Å². The maximum absolute atomic E-state index is 13.5. The van der Waals surface area contributed by atoms with Gasteiger partial charge in [0.1, 0.15) is 5.82 Å². The predicted molar refractivity (Wildman–Crippen MR) is 72.2 cm³/mol. The molecule has 0 radical (unpaired) electrons. The minimum Gasteiger partial charge on any atom is -0.395 e. The summed E-state index contributed by atoms with van der Waals surface area (Å²) in [5.41, 5.74) is 7.01. The standard InChI is InChI=1S/C14H20FN3/c15-12-5-3-6-13(14(12)16)18-9-8-17-7-2-1-4-11(17)10-18/h3,5-6,11H,1-2,4,7-10,16H2. The Morgan fingerprint density at radius 1 is 1.17 bits per heavy atom. The third-order valence-electron chi connectivity index (χ3n) is 4.21. The predicted octanol–water partition coefficient (Wildman–Crippen LogP) is 2.08. The first kappa shape index (κ1) is 11.8. The van der Waals surface area contributed by atoms with Gasteiger partial charge in [0.2, 0.25) is 0 Å². The van der Waals surface area contributed by atoms with E-state index in [1.54, 1.807) is 6.07 Å². The largest absolute Gasteiger partial charge is 0.395 e. The van der Waals surface area contributed by atoms with Gasteiger partial charge in [0, 0.05) is 25.7 Å². The number of piperidine rings is 1. The van der Waals surface area contributed by atoms with Gasteiger partial charge in [0.25, 0.3) is 0 Å². The van der Waals surface area contributed by atoms with Crippen molar-refractivity contribution in [3.63, 3.8) is 0 Å². The molecule has 3 nitrogen and oxygen atoms in total. The topological polar surface area (TPSA) is 32.5 Å². The zero-order chi connectivity index (χ0) is 12.5. The van der Waals surface area contributed by atoms with Gasteiger partial charge in [0.15, 0.2) is 0 Å². The lowest BCUT2D eigenvalue weighted by atomic mass is 9.99. The van der Waals surface area contributed by atoms with Crippen LogP contribution < -0.4 is 10.6 Å². The summed E-state index contributed by atoms with van der Waals surface area (Å²) < 4.78 is 13.5. The van der Waals surface area contributed by atoms with Crippen LogP contribution >= 0.6 is 0 Å². The molecule has 1 atom stereocenters. The molecule has 0 spiro atoms. The van der Waals surface area contributed by atoms with E-state index < -0.39 is 0 Å². The first-order valence-electron chi connectivity index (χ1n) is 6.78. The molecule has 0 saturated carbocycles. The monoisotopic (exact) mass is 249 g/mol. The lowest BCUT2D eigenvalue weighted by molar-refractivity contribution is 0.133. The zero-order valence-corrected chi connectivity index (χ0v) is 10.6. The molecule has 3 rings (SSSR count). The third-order valence-corrected chi connectivity index (χ3v) is 4.21. The van der Waals surface area contributed by atoms with Crippen LogP contribution in [0.25, 0.3) is 0 Å². The van der Waals surface area contributed by atoms with Gasteiger partial charge in [-0.25, -0.2) is 4.39 Å². The van der Waals surface area contributed by atoms with Crippen molar-refractivity contribution in [3.05, 3.63) is 24.0 Å². The summed E-state index contributed by atoms with van der Waals surface area (Å²) in [4.78, 5) is 4.81. The van der Waals surface area contributed by atoms with Crippen molar-refractivity contribution in [2.45, 2.75) is 25.3 Å². The molecule has 2 heterocycles. The summed E-state index contributed by atoms with van der Waals surface area (Å²) in [6.45, 7) is 4.22. The highest BCUT2D eigenvalue weighted by molar-refractivity contribution is 5.68. The summed E-state index contributed by atoms with van der Waals surface area (Å²) in [5.74, 6) is -0.307. The number of nitrogens with zero attached hydrogens (tertiary/aromatic N) is 2. The van der Waals surface area contributed by atoms with Gasteiger partial charge in [-0.1, -0.05) is 12.5 Å². The van der Waals surface area contributed by atoms with Gasteiger partial charge in [-0.05, 0) is 31.5 Å². The number of hydrogen-bond donors (Lipinski definition) is 1. The highest BCUT2D eigenvalue weighted by Gasteiger charge is 2.29. The number of fused-ring (bicyclic) bond motifs is 1. The summed E-state index contributed by atoms with van der Waals surface area (Å²) in [6.07, 6.45) is 3.89. The van der Waals surface area contributed by atoms with Crippen LogP contribution in [0.3, 0.4) is 0 Å². The molecule has 0 aromatic heterocycles. The van der Waals surface area contributed by atoms with E-state index in [2.05, 4.69) is 9.80 Å². The molecule has 1 aromatic rings. The van der Waals surface area contributed by atoms with E-state index in [9.17, 15) is 4.39 Å². The quantitative estimate of drug-likeness (QED) is 0.773. The molecular formula is C14H20FN3. The summed E-state index contributed by atoms with van der Waals surface area (Å²) in [7, 11) is 0. The Labute approximate surface area is 107 Å². The number of benzene rings is 1. The highest BCUT2D eigenvalue weighted by atomic mass is 19.1. The van der Waals surface area contributed by atoms with Crippen LogP contribution in [0.2, 0.25) is 0 Å². The molecule has 4 heteroatoms. The van der Waals surface area contributed by atoms with Gasteiger partial charge >= 0.3 is 0 Å². The summed E-state index contributed by atoms with van der Waals surface area (Å²) in [6, 6.07) is 5.72. The molecule has 2 aliphatic rings. The van der Waals surface area contributed by atoms with Crippen LogP contribution in [-0.2, 0) is 0 Å². The first-order chi connectivity index (χ1) is 8.75. The van der Waals surface area contributed by atoms with Crippen molar-refractivity contribution in [1.29, 1.82) is 0 Å². The van der Waals surface area contributed by atoms with Gasteiger partial charge in [-0.2, -0.15) is 0 Å². The number of hydrogen-bond acceptors (Lipinski definition) is 3. The Bertz CT molecular complexity index is 435. The zero-order valence-electron chi connectivity index (χ0n) is 10.6. The molecule has 0 amide bonds. The second-order valence-electron chi connectivity index (χ2n) is 5.30. The van der Waals surface area contributed by atoms with Crippen LogP contribution in [0.5, 0.6) is 0 Å². The van der Waals surface area contributed by atoms with Crippen LogP contribution in [0.1, 0.15) is 19.3 Å². The fraction of sp³-hybridized carbons (Fsp3) is 0.571. The summed E-state index contributed by atoms with van der Waals surface area (Å²) in [5, 5.41) is 0. The van der Waals surface area contributed by atoms with Gasteiger partial charge in [-0.3, -0.25) is 4.90 Å². The molecule has 2 N–H and O–H groups in total. The highest BCUT2D eigenvalue weighted by Crippen LogP contribution is 2.29. The minimum atomic E-state index is -0.307. The van der Waals surface area contributed by atoms with Gasteiger partial charge in [0.05, 0.1) is 11.4 Å². The molecule has 18 heavy (non-hydrogen) atoms. The number of anilines is 2. The van der Waals surface area contributed by atoms with Crippen molar-refractivity contribution >= 4 is 11.4 Å². The molecule has 1 unspecified atom stereocenters. The Morgan fingerprint density at radius 3 is 2.94 bits per heavy atom. The van der Waals surface area contributed by atoms with Crippen LogP contribution in [0.4, 0.5) is 15.8 Å². The van der Waals surface area contributed by atoms with Crippen molar-refractivity contribution in [2.24, 2.45) is 0 Å². The fourth-order valence-corrected chi connectivity index (χ4v) is 3.18. The van der Waals surface area contributed by atoms with Crippen molar-refractivity contribution in [3.8, 4) is 0 Å². The number of piperazine rings is 1. The van der Waals surface area contributed by atoms with E-state index in [-0.39, 0.29) is 5.82 Å². The van der Waals surface area contributed by atoms with E-state index in [4.69, 9.17) is 5.73 Å². The average Bonchev–Trinajstić information content (AvgIpc) is 2.41. The number of rotatable bonds is 1. The van der Waals surface area contributed by atoms with Crippen molar-refractivity contribution in [2.75, 3.05) is 36.8 Å². The lowest BCUT2D eigenvalue weighted by Gasteiger charge is -2.45. The smallest absolute Gasteiger partial charge is 0.148 e. The number of halogens is 1. The maximum atomic E-state index is 13.5. The van der Waals surface area contributed by atoms with Crippen LogP contribution in [-0.4, -0.2) is 37.1 Å². The van der Waals surface area contributed by atoms with E-state index >= 15 is 0 Å². The molecule has 1 aromatic carbocycles. The van der Waals surface area contributed by atoms with E-state index in [1.165, 1.54) is 31.9 Å². The Morgan fingerprint density at radius 2 is 2.06 bits per heavy atom. The molecule has 0 bridgehead atoms. The number of para-hydroxylation sites is 1. The van der Waals surface area contributed by atoms with E-state index in [0.717, 1.165) is 25.3 Å². The molecule has 98 valence electrons. The van der Waals surface area contributed by atoms with Gasteiger partial charge < -0.3 is 10.6 Å². The number of nitrogens with two attached hydrogens (primary N) is 1. The maximum Gasteiger partial charge on any atom is 0.148 e. The molecule has 2 saturated heterocycles. The fourth-order valence-electron chi connectivity index (χ4n) is 3.18. The molecule has 2 fully saturated rings. The molecule has 0 aliphatic carbocycles. The first-order valence-corrected chi connectivity index (χ1v) is 6.78. The minimum absolute atomic E-state index is 0.293. The lowest BCUT2D eigenvalue weighted by Crippen LogP contribution is -2.55. The second-order valence-corrected chi connectivity index (χ2v) is 5.30. The van der Waals surface area contributed by atoms with Crippen LogP contribution in [0.15, 0.2) is 18.2 Å². The van der Waals surface area contributed by atoms with Gasteiger partial charge in [-0.15, -0.1) is 0 Å². The Hall–Kier alpha value is -1.29.